The van der Waals surface area contributed by atoms with E-state index in [0.717, 1.165) is 37.1 Å². The van der Waals surface area contributed by atoms with Crippen LogP contribution < -0.4 is 10.1 Å². The Hall–Kier alpha value is -2.20. The maximum Gasteiger partial charge on any atom is 0.214 e. The number of pyridine rings is 1. The third-order valence-electron chi connectivity index (χ3n) is 4.11. The first kappa shape index (κ1) is 14.7. The van der Waals surface area contributed by atoms with Gasteiger partial charge in [-0.2, -0.15) is 0 Å². The first-order valence-electron chi connectivity index (χ1n) is 7.66. The van der Waals surface area contributed by atoms with E-state index < -0.39 is 0 Å². The number of rotatable bonds is 5. The van der Waals surface area contributed by atoms with Crippen LogP contribution >= 0.6 is 0 Å². The number of nitrogens with one attached hydrogen (secondary N) is 1. The van der Waals surface area contributed by atoms with E-state index in [-0.39, 0.29) is 6.10 Å². The van der Waals surface area contributed by atoms with Crippen LogP contribution in [0.3, 0.4) is 0 Å². The number of nitrogens with zero attached hydrogens (tertiary/aromatic N) is 1. The third kappa shape index (κ3) is 3.34. The van der Waals surface area contributed by atoms with Crippen LogP contribution in [0, 0.1) is 5.92 Å². The highest BCUT2D eigenvalue weighted by atomic mass is 16.5. The highest BCUT2D eigenvalue weighted by molar-refractivity contribution is 5.78. The lowest BCUT2D eigenvalue weighted by Crippen LogP contribution is -2.25. The smallest absolute Gasteiger partial charge is 0.214 e. The monoisotopic (exact) mass is 296 g/mol. The lowest BCUT2D eigenvalue weighted by atomic mass is 10.0. The second kappa shape index (κ2) is 6.71. The molecule has 0 radical (unpaired) electrons. The fraction of sp³-hybridized carbons (Fsp3) is 0.333. The molecule has 0 amide bonds. The summed E-state index contributed by atoms with van der Waals surface area (Å²) in [6.45, 7) is 4.16. The molecular weight excluding hydrogens is 276 g/mol. The molecule has 1 N–H and O–H groups in total. The topological polar surface area (TPSA) is 51.2 Å². The van der Waals surface area contributed by atoms with Crippen molar-refractivity contribution in [3.63, 3.8) is 0 Å². The Kier molecular flexibility index (Phi) is 4.49. The van der Waals surface area contributed by atoms with Gasteiger partial charge < -0.3 is 10.1 Å². The first-order chi connectivity index (χ1) is 10.8. The molecule has 4 heteroatoms. The van der Waals surface area contributed by atoms with Gasteiger partial charge in [0.25, 0.3) is 0 Å². The molecule has 4 nitrogen and oxygen atoms in total. The van der Waals surface area contributed by atoms with Crippen LogP contribution in [-0.2, 0) is 0 Å². The fourth-order valence-corrected chi connectivity index (χ4v) is 2.78. The van der Waals surface area contributed by atoms with Gasteiger partial charge in [0.15, 0.2) is 0 Å². The van der Waals surface area contributed by atoms with Crippen molar-refractivity contribution in [2.24, 2.45) is 5.92 Å². The molecule has 1 saturated heterocycles. The number of aromatic nitrogens is 1. The summed E-state index contributed by atoms with van der Waals surface area (Å²) in [6.07, 6.45) is 2.13. The van der Waals surface area contributed by atoms with Gasteiger partial charge in [-0.15, -0.1) is 0 Å². The van der Waals surface area contributed by atoms with E-state index in [1.54, 1.807) is 6.07 Å². The lowest BCUT2D eigenvalue weighted by Gasteiger charge is -2.19. The second-order valence-corrected chi connectivity index (χ2v) is 5.68. The van der Waals surface area contributed by atoms with E-state index in [9.17, 15) is 4.79 Å². The van der Waals surface area contributed by atoms with Crippen LogP contribution in [0.2, 0.25) is 0 Å². The predicted molar refractivity (Wildman–Crippen MR) is 86.1 cm³/mol. The molecule has 1 unspecified atom stereocenters. The normalized spacial score (nSPS) is 18.9. The van der Waals surface area contributed by atoms with Crippen LogP contribution in [0.25, 0.3) is 11.3 Å². The second-order valence-electron chi connectivity index (χ2n) is 5.68. The maximum absolute atomic E-state index is 10.9. The third-order valence-corrected chi connectivity index (χ3v) is 4.11. The zero-order valence-electron chi connectivity index (χ0n) is 12.7. The Morgan fingerprint density at radius 1 is 1.32 bits per heavy atom. The summed E-state index contributed by atoms with van der Waals surface area (Å²) in [7, 11) is 0. The molecule has 0 spiro atoms. The Labute approximate surface area is 130 Å². The summed E-state index contributed by atoms with van der Waals surface area (Å²) in [6, 6.07) is 13.2. The van der Waals surface area contributed by atoms with Crippen molar-refractivity contribution in [2.75, 3.05) is 13.1 Å². The van der Waals surface area contributed by atoms with Crippen molar-refractivity contribution in [1.82, 2.24) is 10.3 Å². The van der Waals surface area contributed by atoms with Gasteiger partial charge in [0.05, 0.1) is 5.69 Å². The Balaban J connectivity index is 1.78. The van der Waals surface area contributed by atoms with Gasteiger partial charge in [-0.1, -0.05) is 24.3 Å². The molecule has 1 aromatic carbocycles. The molecule has 114 valence electrons. The Bertz CT molecular complexity index is 651. The number of hydrogen-bond acceptors (Lipinski definition) is 4. The molecule has 22 heavy (non-hydrogen) atoms. The highest BCUT2D eigenvalue weighted by Gasteiger charge is 2.23. The summed E-state index contributed by atoms with van der Waals surface area (Å²) < 4.78 is 6.00. The van der Waals surface area contributed by atoms with Crippen molar-refractivity contribution in [3.8, 4) is 17.1 Å². The van der Waals surface area contributed by atoms with Gasteiger partial charge in [0.2, 0.25) is 5.88 Å². The van der Waals surface area contributed by atoms with Crippen molar-refractivity contribution in [1.29, 1.82) is 0 Å². The average Bonchev–Trinajstić information content (AvgIpc) is 3.10. The van der Waals surface area contributed by atoms with Gasteiger partial charge in [-0.3, -0.25) is 4.79 Å². The van der Waals surface area contributed by atoms with Crippen LogP contribution in [0.5, 0.6) is 5.88 Å². The SMILES string of the molecule is C[C@@H](Oc1cccc(-c2cccc(C=O)c2)n1)C1CCNC1. The largest absolute Gasteiger partial charge is 0.474 e. The maximum atomic E-state index is 10.9. The zero-order chi connectivity index (χ0) is 15.4. The van der Waals surface area contributed by atoms with Crippen LogP contribution in [0.1, 0.15) is 23.7 Å². The van der Waals surface area contributed by atoms with Gasteiger partial charge >= 0.3 is 0 Å². The van der Waals surface area contributed by atoms with Gasteiger partial charge in [-0.25, -0.2) is 4.98 Å². The quantitative estimate of drug-likeness (QED) is 0.862. The van der Waals surface area contributed by atoms with E-state index in [1.807, 2.05) is 36.4 Å². The fourth-order valence-electron chi connectivity index (χ4n) is 2.78. The average molecular weight is 296 g/mol. The van der Waals surface area contributed by atoms with E-state index in [2.05, 4.69) is 17.2 Å². The highest BCUT2D eigenvalue weighted by Crippen LogP contribution is 2.23. The summed E-state index contributed by atoms with van der Waals surface area (Å²) >= 11 is 0. The number of ether oxygens (including phenoxy) is 1. The summed E-state index contributed by atoms with van der Waals surface area (Å²) in [5, 5.41) is 3.36. The molecule has 1 aliphatic rings. The minimum Gasteiger partial charge on any atom is -0.474 e. The van der Waals surface area contributed by atoms with Crippen molar-refractivity contribution >= 4 is 6.29 Å². The summed E-state index contributed by atoms with van der Waals surface area (Å²) in [5.41, 5.74) is 2.39. The minimum atomic E-state index is 0.138. The Morgan fingerprint density at radius 2 is 2.18 bits per heavy atom. The summed E-state index contributed by atoms with van der Waals surface area (Å²) in [5.74, 6) is 1.16. The van der Waals surface area contributed by atoms with Crippen molar-refractivity contribution in [2.45, 2.75) is 19.4 Å². The van der Waals surface area contributed by atoms with Crippen LogP contribution in [0.15, 0.2) is 42.5 Å². The number of aldehydes is 1. The molecule has 3 rings (SSSR count). The Morgan fingerprint density at radius 3 is 2.95 bits per heavy atom. The van der Waals surface area contributed by atoms with E-state index >= 15 is 0 Å². The number of hydrogen-bond donors (Lipinski definition) is 1. The van der Waals surface area contributed by atoms with Crippen LogP contribution in [-0.4, -0.2) is 30.5 Å². The van der Waals surface area contributed by atoms with Gasteiger partial charge in [-0.05, 0) is 32.0 Å². The first-order valence-corrected chi connectivity index (χ1v) is 7.66. The molecule has 0 saturated carbocycles. The molecular formula is C18H20N2O2. The molecule has 1 fully saturated rings. The molecule has 1 aromatic heterocycles. The number of benzene rings is 1. The van der Waals surface area contributed by atoms with Gasteiger partial charge in [0, 0.05) is 29.7 Å². The van der Waals surface area contributed by atoms with Crippen molar-refractivity contribution < 1.29 is 9.53 Å². The molecule has 1 aliphatic heterocycles. The van der Waals surface area contributed by atoms with E-state index in [4.69, 9.17) is 4.74 Å². The van der Waals surface area contributed by atoms with Crippen LogP contribution in [0.4, 0.5) is 0 Å². The molecule has 2 heterocycles. The molecule has 2 atom stereocenters. The molecule has 0 bridgehead atoms. The zero-order valence-corrected chi connectivity index (χ0v) is 12.7. The molecule has 0 aliphatic carbocycles. The van der Waals surface area contributed by atoms with Gasteiger partial charge in [0.1, 0.15) is 12.4 Å². The van der Waals surface area contributed by atoms with E-state index in [1.165, 1.54) is 0 Å². The lowest BCUT2D eigenvalue weighted by molar-refractivity contribution is 0.112. The predicted octanol–water partition coefficient (Wildman–Crippen LogP) is 2.94. The number of carbonyl (C=O) groups excluding carboxylic acids is 1. The van der Waals surface area contributed by atoms with Crippen molar-refractivity contribution in [3.05, 3.63) is 48.0 Å². The standard InChI is InChI=1S/C18H20N2O2/c1-13(16-8-9-19-11-16)22-18-7-3-6-17(20-18)15-5-2-4-14(10-15)12-21/h2-7,10,12-13,16,19H,8-9,11H2,1H3/t13-,16?/m1/s1. The minimum absolute atomic E-state index is 0.138. The molecule has 2 aromatic rings. The number of carbonyl (C=O) groups is 1. The van der Waals surface area contributed by atoms with E-state index in [0.29, 0.717) is 17.4 Å². The summed E-state index contributed by atoms with van der Waals surface area (Å²) in [4.78, 5) is 15.5.